The molecule has 2 atom stereocenters. The Morgan fingerprint density at radius 1 is 1.41 bits per heavy atom. The lowest BCUT2D eigenvalue weighted by Gasteiger charge is -2.15. The number of rotatable bonds is 5. The van der Waals surface area contributed by atoms with Gasteiger partial charge in [0.2, 0.25) is 0 Å². The predicted molar refractivity (Wildman–Crippen MR) is 88.2 cm³/mol. The second kappa shape index (κ2) is 7.58. The molecule has 2 aromatic rings. The van der Waals surface area contributed by atoms with E-state index in [2.05, 4.69) is 15.6 Å². The van der Waals surface area contributed by atoms with Crippen molar-refractivity contribution in [2.45, 2.75) is 26.0 Å². The number of halogens is 1. The van der Waals surface area contributed by atoms with Gasteiger partial charge < -0.3 is 15.7 Å². The number of hydrogen-bond donors (Lipinski definition) is 3. The number of amides is 2. The number of aryl methyl sites for hydroxylation is 1. The van der Waals surface area contributed by atoms with E-state index in [1.165, 1.54) is 11.3 Å². The van der Waals surface area contributed by atoms with Crippen LogP contribution in [0, 0.1) is 6.92 Å². The molecule has 0 bridgehead atoms. The smallest absolute Gasteiger partial charge is 0.315 e. The zero-order valence-corrected chi connectivity index (χ0v) is 13.9. The number of carbonyl (C=O) groups is 1. The van der Waals surface area contributed by atoms with Crippen LogP contribution in [0.4, 0.5) is 4.79 Å². The quantitative estimate of drug-likeness (QED) is 0.783. The molecule has 2 rings (SSSR count). The van der Waals surface area contributed by atoms with Gasteiger partial charge in [-0.25, -0.2) is 9.78 Å². The molecule has 7 heteroatoms. The topological polar surface area (TPSA) is 74.2 Å². The summed E-state index contributed by atoms with van der Waals surface area (Å²) in [6.07, 6.45) is -0.777. The summed E-state index contributed by atoms with van der Waals surface area (Å²) in [7, 11) is 0. The fourth-order valence-corrected chi connectivity index (χ4v) is 2.80. The van der Waals surface area contributed by atoms with Crippen LogP contribution in [0.2, 0.25) is 5.02 Å². The van der Waals surface area contributed by atoms with E-state index in [1.54, 1.807) is 24.3 Å². The molecule has 1 heterocycles. The molecule has 0 spiro atoms. The van der Waals surface area contributed by atoms with Crippen LogP contribution in [0.1, 0.15) is 35.3 Å². The van der Waals surface area contributed by atoms with Crippen molar-refractivity contribution < 1.29 is 9.90 Å². The lowest BCUT2D eigenvalue weighted by atomic mass is 10.1. The van der Waals surface area contributed by atoms with Gasteiger partial charge in [-0.3, -0.25) is 0 Å². The number of aliphatic hydroxyl groups is 1. The molecule has 0 aliphatic heterocycles. The lowest BCUT2D eigenvalue weighted by molar-refractivity contribution is 0.172. The molecule has 22 heavy (non-hydrogen) atoms. The molecule has 0 aliphatic rings. The van der Waals surface area contributed by atoms with E-state index >= 15 is 0 Å². The number of thiazole rings is 1. The first-order chi connectivity index (χ1) is 10.5. The molecule has 0 saturated carbocycles. The zero-order valence-electron chi connectivity index (χ0n) is 12.3. The van der Waals surface area contributed by atoms with Crippen LogP contribution in [0.15, 0.2) is 29.6 Å². The normalized spacial score (nSPS) is 13.5. The molecule has 3 N–H and O–H groups in total. The van der Waals surface area contributed by atoms with E-state index in [0.29, 0.717) is 10.6 Å². The van der Waals surface area contributed by atoms with Gasteiger partial charge >= 0.3 is 6.03 Å². The minimum Gasteiger partial charge on any atom is -0.387 e. The highest BCUT2D eigenvalue weighted by Gasteiger charge is 2.14. The van der Waals surface area contributed by atoms with Crippen LogP contribution in [0.25, 0.3) is 0 Å². The zero-order chi connectivity index (χ0) is 16.1. The maximum atomic E-state index is 11.8. The molecule has 0 unspecified atom stereocenters. The van der Waals surface area contributed by atoms with Crippen molar-refractivity contribution in [3.05, 3.63) is 50.9 Å². The van der Waals surface area contributed by atoms with Crippen molar-refractivity contribution >= 4 is 29.0 Å². The highest BCUT2D eigenvalue weighted by atomic mass is 35.5. The number of urea groups is 1. The summed E-state index contributed by atoms with van der Waals surface area (Å²) in [5.41, 5.74) is 1.64. The van der Waals surface area contributed by atoms with Crippen LogP contribution in [0.3, 0.4) is 0 Å². The number of aliphatic hydroxyl groups excluding tert-OH is 1. The first kappa shape index (κ1) is 16.7. The van der Waals surface area contributed by atoms with Crippen LogP contribution in [0.5, 0.6) is 0 Å². The summed E-state index contributed by atoms with van der Waals surface area (Å²) in [5, 5.41) is 18.9. The molecule has 118 valence electrons. The Hall–Kier alpha value is -1.63. The summed E-state index contributed by atoms with van der Waals surface area (Å²) in [4.78, 5) is 16.2. The van der Waals surface area contributed by atoms with E-state index in [0.717, 1.165) is 10.7 Å². The molecule has 0 saturated heterocycles. The summed E-state index contributed by atoms with van der Waals surface area (Å²) < 4.78 is 0. The molecular weight excluding hydrogens is 322 g/mol. The molecule has 1 aromatic carbocycles. The maximum absolute atomic E-state index is 11.8. The van der Waals surface area contributed by atoms with Crippen LogP contribution < -0.4 is 10.6 Å². The van der Waals surface area contributed by atoms with Gasteiger partial charge in [0.05, 0.1) is 12.1 Å². The predicted octanol–water partition coefficient (Wildman–Crippen LogP) is 3.20. The number of benzene rings is 1. The Bertz CT molecular complexity index is 630. The number of carbonyl (C=O) groups excluding carboxylic acids is 1. The first-order valence-electron chi connectivity index (χ1n) is 6.85. The summed E-state index contributed by atoms with van der Waals surface area (Å²) in [5.74, 6) is 0. The summed E-state index contributed by atoms with van der Waals surface area (Å²) in [6.45, 7) is 3.90. The Labute approximate surface area is 138 Å². The average Bonchev–Trinajstić information content (AvgIpc) is 2.92. The summed E-state index contributed by atoms with van der Waals surface area (Å²) in [6, 6.07) is 6.35. The Balaban J connectivity index is 1.81. The lowest BCUT2D eigenvalue weighted by Crippen LogP contribution is -2.39. The van der Waals surface area contributed by atoms with Gasteiger partial charge in [-0.05, 0) is 31.5 Å². The maximum Gasteiger partial charge on any atom is 0.315 e. The Morgan fingerprint density at radius 3 is 2.68 bits per heavy atom. The minimum atomic E-state index is -0.777. The van der Waals surface area contributed by atoms with E-state index in [9.17, 15) is 9.90 Å². The van der Waals surface area contributed by atoms with E-state index in [4.69, 9.17) is 11.6 Å². The fourth-order valence-electron chi connectivity index (χ4n) is 1.87. The number of nitrogens with one attached hydrogen (secondary N) is 2. The van der Waals surface area contributed by atoms with Gasteiger partial charge in [-0.1, -0.05) is 23.7 Å². The van der Waals surface area contributed by atoms with Gasteiger partial charge in [0, 0.05) is 22.6 Å². The molecular formula is C15H18ClN3O2S. The van der Waals surface area contributed by atoms with Crippen molar-refractivity contribution in [3.8, 4) is 0 Å². The average molecular weight is 340 g/mol. The van der Waals surface area contributed by atoms with Gasteiger partial charge in [-0.2, -0.15) is 0 Å². The van der Waals surface area contributed by atoms with Gasteiger partial charge in [-0.15, -0.1) is 11.3 Å². The van der Waals surface area contributed by atoms with Crippen LogP contribution in [-0.4, -0.2) is 22.7 Å². The Kier molecular flexibility index (Phi) is 5.76. The number of aromatic nitrogens is 1. The largest absolute Gasteiger partial charge is 0.387 e. The highest BCUT2D eigenvalue weighted by Crippen LogP contribution is 2.18. The van der Waals surface area contributed by atoms with Gasteiger partial charge in [0.25, 0.3) is 0 Å². The third-order valence-corrected chi connectivity index (χ3v) is 4.46. The van der Waals surface area contributed by atoms with Crippen molar-refractivity contribution in [1.82, 2.24) is 15.6 Å². The van der Waals surface area contributed by atoms with Crippen molar-refractivity contribution in [2.24, 2.45) is 0 Å². The molecule has 0 aliphatic carbocycles. The first-order valence-corrected chi connectivity index (χ1v) is 8.11. The monoisotopic (exact) mass is 339 g/mol. The van der Waals surface area contributed by atoms with Gasteiger partial charge in [0.1, 0.15) is 5.01 Å². The van der Waals surface area contributed by atoms with E-state index in [1.807, 2.05) is 19.2 Å². The molecule has 5 nitrogen and oxygen atoms in total. The molecule has 1 aromatic heterocycles. The third kappa shape index (κ3) is 4.69. The van der Waals surface area contributed by atoms with Crippen molar-refractivity contribution in [1.29, 1.82) is 0 Å². The number of nitrogens with zero attached hydrogens (tertiary/aromatic N) is 1. The van der Waals surface area contributed by atoms with Crippen molar-refractivity contribution in [3.63, 3.8) is 0 Å². The summed E-state index contributed by atoms with van der Waals surface area (Å²) >= 11 is 7.30. The molecule has 0 fully saturated rings. The second-order valence-corrected chi connectivity index (χ2v) is 6.30. The fraction of sp³-hybridized carbons (Fsp3) is 0.333. The number of hydrogen-bond acceptors (Lipinski definition) is 4. The molecule has 2 amide bonds. The SMILES string of the molecule is Cc1csc([C@@H](C)NC(=O)NC[C@H](O)c2ccc(Cl)cc2)n1. The van der Waals surface area contributed by atoms with E-state index < -0.39 is 6.10 Å². The van der Waals surface area contributed by atoms with Crippen LogP contribution in [-0.2, 0) is 0 Å². The molecule has 0 radical (unpaired) electrons. The second-order valence-electron chi connectivity index (χ2n) is 4.97. The minimum absolute atomic E-state index is 0.122. The standard InChI is InChI=1S/C15H18ClN3O2S/c1-9-8-22-14(18-9)10(2)19-15(21)17-7-13(20)11-3-5-12(16)6-4-11/h3-6,8,10,13,20H,7H2,1-2H3,(H2,17,19,21)/t10-,13+/m1/s1. The van der Waals surface area contributed by atoms with E-state index in [-0.39, 0.29) is 18.6 Å². The van der Waals surface area contributed by atoms with Crippen LogP contribution >= 0.6 is 22.9 Å². The third-order valence-electron chi connectivity index (χ3n) is 3.07. The van der Waals surface area contributed by atoms with Crippen molar-refractivity contribution in [2.75, 3.05) is 6.54 Å². The highest BCUT2D eigenvalue weighted by molar-refractivity contribution is 7.09. The van der Waals surface area contributed by atoms with Gasteiger partial charge in [0.15, 0.2) is 0 Å². The Morgan fingerprint density at radius 2 is 2.09 bits per heavy atom.